The summed E-state index contributed by atoms with van der Waals surface area (Å²) in [5, 5.41) is 4.43. The normalized spacial score (nSPS) is 14.1. The zero-order valence-electron chi connectivity index (χ0n) is 25.8. The number of hydrogen-bond acceptors (Lipinski definition) is 6. The van der Waals surface area contributed by atoms with Crippen LogP contribution in [0.15, 0.2) is 64.8 Å². The lowest BCUT2D eigenvalue weighted by molar-refractivity contribution is 0.0900. The van der Waals surface area contributed by atoms with Gasteiger partial charge in [0, 0.05) is 60.5 Å². The fraction of sp³-hybridized carbons (Fsp3) is 0.500. The molecule has 0 aliphatic carbocycles. The van der Waals surface area contributed by atoms with Crippen molar-refractivity contribution in [2.24, 2.45) is 0 Å². The van der Waals surface area contributed by atoms with Crippen LogP contribution in [0.4, 0.5) is 5.69 Å². The highest BCUT2D eigenvalue weighted by atomic mass is 32.1. The van der Waals surface area contributed by atoms with Crippen molar-refractivity contribution in [2.45, 2.75) is 77.6 Å². The van der Waals surface area contributed by atoms with E-state index in [4.69, 9.17) is 4.74 Å². The van der Waals surface area contributed by atoms with E-state index in [0.29, 0.717) is 24.3 Å². The Morgan fingerprint density at radius 1 is 0.837 bits per heavy atom. The molecule has 0 bridgehead atoms. The summed E-state index contributed by atoms with van der Waals surface area (Å²) in [5.74, 6) is 0.591. The Bertz CT molecular complexity index is 1520. The van der Waals surface area contributed by atoms with Crippen LogP contribution in [-0.2, 0) is 0 Å². The molecule has 0 amide bonds. The lowest BCUT2D eigenvalue weighted by Gasteiger charge is -2.36. The Morgan fingerprint density at radius 3 is 2.42 bits per heavy atom. The molecule has 1 saturated heterocycles. The Hall–Kier alpha value is -3.16. The SMILES string of the molecule is CCCCCCCCCCC(=O)n1c(=O)ccc2ccc(OCCCCN3CCN(c4cccc5sccc45)CC3)cc21. The van der Waals surface area contributed by atoms with Gasteiger partial charge in [0.05, 0.1) is 12.1 Å². The van der Waals surface area contributed by atoms with Crippen molar-refractivity contribution in [3.05, 3.63) is 70.3 Å². The van der Waals surface area contributed by atoms with Gasteiger partial charge in [0.1, 0.15) is 5.75 Å². The molecule has 2 aromatic heterocycles. The van der Waals surface area contributed by atoms with E-state index in [2.05, 4.69) is 46.4 Å². The van der Waals surface area contributed by atoms with Gasteiger partial charge in [-0.05, 0) is 73.0 Å². The number of unbranched alkanes of at least 4 members (excludes halogenated alkanes) is 8. The monoisotopic (exact) mass is 601 g/mol. The summed E-state index contributed by atoms with van der Waals surface area (Å²) in [5.41, 5.74) is 1.74. The molecular weight excluding hydrogens is 554 g/mol. The van der Waals surface area contributed by atoms with E-state index < -0.39 is 0 Å². The van der Waals surface area contributed by atoms with Crippen LogP contribution >= 0.6 is 11.3 Å². The smallest absolute Gasteiger partial charge is 0.257 e. The molecular formula is C36H47N3O3S. The number of anilines is 1. The Morgan fingerprint density at radius 2 is 1.60 bits per heavy atom. The number of ether oxygens (including phenoxy) is 1. The standard InChI is InChI=1S/C36H47N3O3S/c1-2-3-4-5-6-7-8-9-15-35(40)39-33-28-30(18-16-29(33)17-19-36(39)41)42-26-11-10-21-37-22-24-38(25-23-37)32-13-12-14-34-31(32)20-27-43-34/h12-14,16-20,27-28H,2-11,15,21-26H2,1H3. The fourth-order valence-electron chi connectivity index (χ4n) is 6.18. The van der Waals surface area contributed by atoms with E-state index in [1.54, 1.807) is 6.07 Å². The quantitative estimate of drug-likeness (QED) is 0.121. The van der Waals surface area contributed by atoms with Gasteiger partial charge >= 0.3 is 0 Å². The number of fused-ring (bicyclic) bond motifs is 2. The molecule has 1 aliphatic heterocycles. The molecule has 1 fully saturated rings. The summed E-state index contributed by atoms with van der Waals surface area (Å²) in [6.45, 7) is 8.20. The minimum atomic E-state index is -0.263. The van der Waals surface area contributed by atoms with Crippen molar-refractivity contribution < 1.29 is 9.53 Å². The van der Waals surface area contributed by atoms with Crippen LogP contribution in [-0.4, -0.2) is 54.7 Å². The molecule has 0 spiro atoms. The maximum absolute atomic E-state index is 13.1. The van der Waals surface area contributed by atoms with E-state index in [9.17, 15) is 9.59 Å². The summed E-state index contributed by atoms with van der Waals surface area (Å²) in [6.07, 6.45) is 11.8. The average molecular weight is 602 g/mol. The first-order chi connectivity index (χ1) is 21.1. The number of benzene rings is 2. The Labute approximate surface area is 260 Å². The maximum atomic E-state index is 13.1. The minimum absolute atomic E-state index is 0.120. The van der Waals surface area contributed by atoms with E-state index in [0.717, 1.165) is 70.2 Å². The van der Waals surface area contributed by atoms with E-state index in [1.165, 1.54) is 58.5 Å². The van der Waals surface area contributed by atoms with Crippen LogP contribution in [0.25, 0.3) is 21.0 Å². The van der Waals surface area contributed by atoms with Gasteiger partial charge < -0.3 is 9.64 Å². The van der Waals surface area contributed by atoms with Gasteiger partial charge in [0.15, 0.2) is 0 Å². The van der Waals surface area contributed by atoms with E-state index >= 15 is 0 Å². The van der Waals surface area contributed by atoms with Gasteiger partial charge in [-0.1, -0.05) is 57.9 Å². The largest absolute Gasteiger partial charge is 0.494 e. The van der Waals surface area contributed by atoms with Gasteiger partial charge in [-0.3, -0.25) is 14.5 Å². The van der Waals surface area contributed by atoms with Crippen molar-refractivity contribution in [2.75, 3.05) is 44.2 Å². The highest BCUT2D eigenvalue weighted by Gasteiger charge is 2.18. The van der Waals surface area contributed by atoms with E-state index in [-0.39, 0.29) is 11.5 Å². The molecule has 6 nitrogen and oxygen atoms in total. The summed E-state index contributed by atoms with van der Waals surface area (Å²) in [7, 11) is 0. The number of rotatable bonds is 16. The van der Waals surface area contributed by atoms with Crippen LogP contribution in [0.3, 0.4) is 0 Å². The topological polar surface area (TPSA) is 54.8 Å². The molecule has 230 valence electrons. The first-order valence-electron chi connectivity index (χ1n) is 16.4. The predicted octanol–water partition coefficient (Wildman–Crippen LogP) is 8.37. The number of aromatic nitrogens is 1. The van der Waals surface area contributed by atoms with Gasteiger partial charge in [-0.2, -0.15) is 0 Å². The van der Waals surface area contributed by atoms with Crippen molar-refractivity contribution in [3.8, 4) is 5.75 Å². The molecule has 0 unspecified atom stereocenters. The number of piperazine rings is 1. The molecule has 1 aliphatic rings. The van der Waals surface area contributed by atoms with Crippen molar-refractivity contribution in [1.29, 1.82) is 0 Å². The third-order valence-electron chi connectivity index (χ3n) is 8.69. The summed E-state index contributed by atoms with van der Waals surface area (Å²) in [6, 6.07) is 17.9. The second-order valence-electron chi connectivity index (χ2n) is 11.8. The third-order valence-corrected chi connectivity index (χ3v) is 9.57. The van der Waals surface area contributed by atoms with Crippen LogP contribution in [0.5, 0.6) is 5.75 Å². The Balaban J connectivity index is 1.05. The molecule has 0 saturated carbocycles. The molecule has 0 N–H and O–H groups in total. The molecule has 4 aromatic rings. The lowest BCUT2D eigenvalue weighted by Crippen LogP contribution is -2.46. The van der Waals surface area contributed by atoms with Gasteiger partial charge in [-0.25, -0.2) is 4.57 Å². The molecule has 43 heavy (non-hydrogen) atoms. The molecule has 5 rings (SSSR count). The molecule has 0 radical (unpaired) electrons. The number of nitrogens with zero attached hydrogens (tertiary/aromatic N) is 3. The second kappa shape index (κ2) is 16.1. The third kappa shape index (κ3) is 8.48. The van der Waals surface area contributed by atoms with Crippen LogP contribution in [0.2, 0.25) is 0 Å². The molecule has 3 heterocycles. The number of thiophene rings is 1. The molecule has 0 atom stereocenters. The van der Waals surface area contributed by atoms with Gasteiger partial charge in [0.2, 0.25) is 5.91 Å². The highest BCUT2D eigenvalue weighted by Crippen LogP contribution is 2.31. The zero-order valence-corrected chi connectivity index (χ0v) is 26.6. The van der Waals surface area contributed by atoms with E-state index in [1.807, 2.05) is 29.5 Å². The van der Waals surface area contributed by atoms with Crippen LogP contribution in [0, 0.1) is 0 Å². The van der Waals surface area contributed by atoms with Crippen molar-refractivity contribution in [3.63, 3.8) is 0 Å². The predicted molar refractivity (Wildman–Crippen MR) is 181 cm³/mol. The van der Waals surface area contributed by atoms with Gasteiger partial charge in [0.25, 0.3) is 5.56 Å². The number of carbonyl (C=O) groups is 1. The number of carbonyl (C=O) groups excluding carboxylic acids is 1. The van der Waals surface area contributed by atoms with Crippen LogP contribution < -0.4 is 15.2 Å². The average Bonchev–Trinajstić information content (AvgIpc) is 3.52. The zero-order chi connectivity index (χ0) is 29.9. The fourth-order valence-corrected chi connectivity index (χ4v) is 6.98. The van der Waals surface area contributed by atoms with Crippen LogP contribution in [0.1, 0.15) is 82.3 Å². The number of hydrogen-bond donors (Lipinski definition) is 0. The Kier molecular flexibility index (Phi) is 11.7. The van der Waals surface area contributed by atoms with Crippen molar-refractivity contribution in [1.82, 2.24) is 9.47 Å². The summed E-state index contributed by atoms with van der Waals surface area (Å²) in [4.78, 5) is 30.9. The molecule has 7 heteroatoms. The minimum Gasteiger partial charge on any atom is -0.494 e. The maximum Gasteiger partial charge on any atom is 0.257 e. The number of pyridine rings is 1. The van der Waals surface area contributed by atoms with Crippen molar-refractivity contribution >= 4 is 43.9 Å². The highest BCUT2D eigenvalue weighted by molar-refractivity contribution is 7.17. The first-order valence-corrected chi connectivity index (χ1v) is 17.3. The van der Waals surface area contributed by atoms with Gasteiger partial charge in [-0.15, -0.1) is 11.3 Å². The first kappa shape index (κ1) is 31.3. The summed E-state index contributed by atoms with van der Waals surface area (Å²) >= 11 is 1.81. The molecule has 2 aromatic carbocycles. The lowest BCUT2D eigenvalue weighted by atomic mass is 10.1. The second-order valence-corrected chi connectivity index (χ2v) is 12.8. The summed E-state index contributed by atoms with van der Waals surface area (Å²) < 4.78 is 8.80.